The fraction of sp³-hybridized carbons (Fsp3) is 0.417. The van der Waals surface area contributed by atoms with E-state index in [1.807, 2.05) is 6.07 Å². The number of benzene rings is 2. The zero-order valence-corrected chi connectivity index (χ0v) is 16.1. The fourth-order valence-electron chi connectivity index (χ4n) is 4.55. The summed E-state index contributed by atoms with van der Waals surface area (Å²) in [5, 5.41) is 14.0. The number of hydrogen-bond donors (Lipinski definition) is 2. The first-order valence-electron chi connectivity index (χ1n) is 10.2. The molecule has 27 heavy (non-hydrogen) atoms. The van der Waals surface area contributed by atoms with Crippen LogP contribution in [0.3, 0.4) is 0 Å². The van der Waals surface area contributed by atoms with Crippen molar-refractivity contribution >= 4 is 17.5 Å². The van der Waals surface area contributed by atoms with Crippen LogP contribution in [0.25, 0.3) is 6.08 Å². The predicted molar refractivity (Wildman–Crippen MR) is 113 cm³/mol. The predicted octanol–water partition coefficient (Wildman–Crippen LogP) is 4.75. The monoisotopic (exact) mass is 362 g/mol. The molecule has 0 spiro atoms. The number of piperidine rings is 1. The van der Waals surface area contributed by atoms with Gasteiger partial charge in [0.2, 0.25) is 0 Å². The van der Waals surface area contributed by atoms with E-state index in [1.54, 1.807) is 0 Å². The maximum atomic E-state index is 10.3. The van der Waals surface area contributed by atoms with Gasteiger partial charge < -0.3 is 15.3 Å². The molecule has 1 saturated heterocycles. The summed E-state index contributed by atoms with van der Waals surface area (Å²) in [7, 11) is 2.10. The van der Waals surface area contributed by atoms with Gasteiger partial charge in [0.15, 0.2) is 0 Å². The Morgan fingerprint density at radius 2 is 1.67 bits per heavy atom. The molecule has 4 unspecified atom stereocenters. The molecule has 2 aromatic carbocycles. The van der Waals surface area contributed by atoms with E-state index in [1.165, 1.54) is 42.6 Å². The van der Waals surface area contributed by atoms with Crippen LogP contribution in [-0.4, -0.2) is 30.3 Å². The average Bonchev–Trinajstić information content (AvgIpc) is 2.73. The summed E-state index contributed by atoms with van der Waals surface area (Å²) in [4.78, 5) is 2.20. The summed E-state index contributed by atoms with van der Waals surface area (Å²) in [5.74, 6) is 0.659. The van der Waals surface area contributed by atoms with Crippen molar-refractivity contribution in [2.45, 2.75) is 50.3 Å². The quantitative estimate of drug-likeness (QED) is 0.824. The van der Waals surface area contributed by atoms with Gasteiger partial charge in [0, 0.05) is 30.5 Å². The van der Waals surface area contributed by atoms with Crippen molar-refractivity contribution in [3.63, 3.8) is 0 Å². The van der Waals surface area contributed by atoms with E-state index in [-0.39, 0.29) is 12.1 Å². The van der Waals surface area contributed by atoms with Crippen molar-refractivity contribution in [2.75, 3.05) is 11.9 Å². The molecule has 3 heteroatoms. The van der Waals surface area contributed by atoms with E-state index >= 15 is 0 Å². The van der Waals surface area contributed by atoms with Gasteiger partial charge in [-0.3, -0.25) is 0 Å². The third-order valence-electron chi connectivity index (χ3n) is 6.20. The minimum Gasteiger partial charge on any atom is -0.391 e. The summed E-state index contributed by atoms with van der Waals surface area (Å²) < 4.78 is 0. The van der Waals surface area contributed by atoms with Crippen LogP contribution in [0.5, 0.6) is 0 Å². The number of fused-ring (bicyclic) bond motifs is 1. The van der Waals surface area contributed by atoms with E-state index < -0.39 is 0 Å². The van der Waals surface area contributed by atoms with Crippen molar-refractivity contribution in [2.24, 2.45) is 5.92 Å². The Kier molecular flexibility index (Phi) is 5.61. The molecule has 2 aromatic rings. The molecular weight excluding hydrogens is 332 g/mol. The van der Waals surface area contributed by atoms with Gasteiger partial charge in [-0.2, -0.15) is 0 Å². The molecule has 0 bridgehead atoms. The molecule has 0 radical (unpaired) electrons. The van der Waals surface area contributed by atoms with E-state index in [2.05, 4.69) is 77.9 Å². The van der Waals surface area contributed by atoms with E-state index in [4.69, 9.17) is 0 Å². The van der Waals surface area contributed by atoms with Gasteiger partial charge in [-0.15, -0.1) is 0 Å². The van der Waals surface area contributed by atoms with Gasteiger partial charge in [-0.1, -0.05) is 48.9 Å². The van der Waals surface area contributed by atoms with Gasteiger partial charge in [0.1, 0.15) is 0 Å². The van der Waals surface area contributed by atoms with Crippen molar-refractivity contribution in [1.29, 1.82) is 0 Å². The summed E-state index contributed by atoms with van der Waals surface area (Å²) in [6.45, 7) is 0. The molecule has 1 saturated carbocycles. The van der Waals surface area contributed by atoms with E-state index in [9.17, 15) is 5.11 Å². The molecule has 142 valence electrons. The maximum Gasteiger partial charge on any atom is 0.0696 e. The van der Waals surface area contributed by atoms with Gasteiger partial charge >= 0.3 is 0 Å². The van der Waals surface area contributed by atoms with Crippen molar-refractivity contribution < 1.29 is 5.11 Å². The lowest BCUT2D eigenvalue weighted by Gasteiger charge is -2.42. The summed E-state index contributed by atoms with van der Waals surface area (Å²) in [6, 6.07) is 19.7. The lowest BCUT2D eigenvalue weighted by Crippen LogP contribution is -2.54. The minimum atomic E-state index is -0.173. The number of aliphatic hydroxyl groups is 1. The highest BCUT2D eigenvalue weighted by Gasteiger charge is 2.36. The molecule has 0 amide bonds. The molecule has 1 heterocycles. The largest absolute Gasteiger partial charge is 0.391 e. The molecule has 2 N–H and O–H groups in total. The number of hydrogen-bond acceptors (Lipinski definition) is 3. The lowest BCUT2D eigenvalue weighted by atomic mass is 9.76. The van der Waals surface area contributed by atoms with E-state index in [0.29, 0.717) is 12.0 Å². The van der Waals surface area contributed by atoms with E-state index in [0.717, 1.165) is 6.42 Å². The zero-order valence-electron chi connectivity index (χ0n) is 16.1. The lowest BCUT2D eigenvalue weighted by molar-refractivity contribution is 0.0355. The van der Waals surface area contributed by atoms with Crippen LogP contribution >= 0.6 is 0 Å². The van der Waals surface area contributed by atoms with Crippen LogP contribution in [0, 0.1) is 5.92 Å². The second kappa shape index (κ2) is 8.28. The van der Waals surface area contributed by atoms with Crippen molar-refractivity contribution in [3.8, 4) is 0 Å². The SMILES string of the molecule is CN(c1ccccc1)c1ccc(/C=C/C2CCC3CCCC(O)C3N2)cc1. The second-order valence-electron chi connectivity index (χ2n) is 7.98. The number of aliphatic hydroxyl groups excluding tert-OH is 1. The van der Waals surface area contributed by atoms with Gasteiger partial charge in [0.05, 0.1) is 6.10 Å². The Morgan fingerprint density at radius 1 is 0.926 bits per heavy atom. The number of nitrogens with one attached hydrogen (secondary N) is 1. The number of anilines is 2. The summed E-state index contributed by atoms with van der Waals surface area (Å²) >= 11 is 0. The first kappa shape index (κ1) is 18.3. The van der Waals surface area contributed by atoms with Crippen LogP contribution in [0.4, 0.5) is 11.4 Å². The Hall–Kier alpha value is -2.10. The normalized spacial score (nSPS) is 28.1. The van der Waals surface area contributed by atoms with Gasteiger partial charge in [0.25, 0.3) is 0 Å². The van der Waals surface area contributed by atoms with Crippen molar-refractivity contribution in [1.82, 2.24) is 5.32 Å². The molecule has 2 aliphatic rings. The second-order valence-corrected chi connectivity index (χ2v) is 7.98. The van der Waals surface area contributed by atoms with Crippen LogP contribution < -0.4 is 10.2 Å². The Balaban J connectivity index is 1.38. The summed E-state index contributed by atoms with van der Waals surface area (Å²) in [5.41, 5.74) is 3.59. The molecule has 0 aromatic heterocycles. The third kappa shape index (κ3) is 4.26. The van der Waals surface area contributed by atoms with Crippen molar-refractivity contribution in [3.05, 3.63) is 66.2 Å². The molecule has 1 aliphatic carbocycles. The highest BCUT2D eigenvalue weighted by molar-refractivity contribution is 5.64. The van der Waals surface area contributed by atoms with Crippen LogP contribution in [0.2, 0.25) is 0 Å². The summed E-state index contributed by atoms with van der Waals surface area (Å²) in [6.07, 6.45) is 10.1. The topological polar surface area (TPSA) is 35.5 Å². The van der Waals surface area contributed by atoms with Gasteiger partial charge in [-0.05, 0) is 61.4 Å². The smallest absolute Gasteiger partial charge is 0.0696 e. The Bertz CT molecular complexity index is 756. The highest BCUT2D eigenvalue weighted by atomic mass is 16.3. The van der Waals surface area contributed by atoms with Gasteiger partial charge in [-0.25, -0.2) is 0 Å². The molecular formula is C24H30N2O. The highest BCUT2D eigenvalue weighted by Crippen LogP contribution is 2.33. The number of nitrogens with zero attached hydrogens (tertiary/aromatic N) is 1. The zero-order chi connectivity index (χ0) is 18.6. The first-order chi connectivity index (χ1) is 13.2. The molecule has 2 fully saturated rings. The Morgan fingerprint density at radius 3 is 2.44 bits per heavy atom. The third-order valence-corrected chi connectivity index (χ3v) is 6.20. The van der Waals surface area contributed by atoms with Crippen LogP contribution in [0.15, 0.2) is 60.7 Å². The fourth-order valence-corrected chi connectivity index (χ4v) is 4.55. The van der Waals surface area contributed by atoms with Crippen LogP contribution in [-0.2, 0) is 0 Å². The molecule has 4 rings (SSSR count). The standard InChI is InChI=1S/C24H30N2O/c1-26(21-7-3-2-4-8-21)22-16-11-18(12-17-22)10-14-20-15-13-19-6-5-9-23(27)24(19)25-20/h2-4,7-8,10-12,14,16-17,19-20,23-25,27H,5-6,9,13,15H2,1H3/b14-10+. The molecule has 1 aliphatic heterocycles. The average molecular weight is 363 g/mol. The number of rotatable bonds is 4. The van der Waals surface area contributed by atoms with Crippen LogP contribution in [0.1, 0.15) is 37.7 Å². The first-order valence-corrected chi connectivity index (χ1v) is 10.2. The molecule has 4 atom stereocenters. The number of para-hydroxylation sites is 1. The Labute approximate surface area is 162 Å². The minimum absolute atomic E-state index is 0.173. The maximum absolute atomic E-state index is 10.3. The molecule has 3 nitrogen and oxygen atoms in total.